The van der Waals surface area contributed by atoms with Gasteiger partial charge in [-0.05, 0) is 43.2 Å². The maximum Gasteiger partial charge on any atom is 0.0642 e. The van der Waals surface area contributed by atoms with E-state index in [4.69, 9.17) is 17.3 Å². The van der Waals surface area contributed by atoms with Crippen molar-refractivity contribution in [2.45, 2.75) is 58.4 Å². The molecule has 21 heavy (non-hydrogen) atoms. The van der Waals surface area contributed by atoms with Crippen molar-refractivity contribution < 1.29 is 0 Å². The zero-order valence-electron chi connectivity index (χ0n) is 13.4. The molecule has 1 aliphatic heterocycles. The van der Waals surface area contributed by atoms with E-state index in [9.17, 15) is 0 Å². The van der Waals surface area contributed by atoms with E-state index in [2.05, 4.69) is 24.8 Å². The number of hydrogen-bond acceptors (Lipinski definition) is 2. The van der Waals surface area contributed by atoms with E-state index in [0.717, 1.165) is 36.9 Å². The fourth-order valence-electron chi connectivity index (χ4n) is 3.36. The molecule has 0 radical (unpaired) electrons. The number of benzene rings is 1. The summed E-state index contributed by atoms with van der Waals surface area (Å²) in [5.41, 5.74) is 8.70. The molecule has 1 unspecified atom stereocenters. The van der Waals surface area contributed by atoms with Crippen molar-refractivity contribution in [2.75, 3.05) is 18.0 Å². The molecule has 1 saturated heterocycles. The third-order valence-electron chi connectivity index (χ3n) is 4.70. The zero-order valence-corrected chi connectivity index (χ0v) is 14.2. The highest BCUT2D eigenvalue weighted by molar-refractivity contribution is 6.33. The molecule has 0 aromatic heterocycles. The van der Waals surface area contributed by atoms with E-state index in [1.165, 1.54) is 36.9 Å². The summed E-state index contributed by atoms with van der Waals surface area (Å²) < 4.78 is 0. The standard InChI is InChI=1S/C18H29ClN2/c1-3-6-14-9-11-21(12-10-14)18-15(13-16(20)4-2)7-5-8-17(18)19/h5,7-8,14,16H,3-4,6,9-13,20H2,1-2H3. The van der Waals surface area contributed by atoms with Crippen LogP contribution in [0.2, 0.25) is 5.02 Å². The van der Waals surface area contributed by atoms with E-state index in [1.54, 1.807) is 0 Å². The Morgan fingerprint density at radius 1 is 1.29 bits per heavy atom. The van der Waals surface area contributed by atoms with Crippen LogP contribution in [0.25, 0.3) is 0 Å². The van der Waals surface area contributed by atoms with Crippen molar-refractivity contribution in [1.29, 1.82) is 0 Å². The number of nitrogens with two attached hydrogens (primary N) is 1. The molecule has 1 aliphatic rings. The molecule has 1 fully saturated rings. The molecule has 2 N–H and O–H groups in total. The van der Waals surface area contributed by atoms with Crippen molar-refractivity contribution in [3.05, 3.63) is 28.8 Å². The van der Waals surface area contributed by atoms with Gasteiger partial charge in [-0.25, -0.2) is 0 Å². The minimum absolute atomic E-state index is 0.222. The molecule has 1 aromatic rings. The lowest BCUT2D eigenvalue weighted by atomic mass is 9.91. The molecule has 0 amide bonds. The van der Waals surface area contributed by atoms with Crippen LogP contribution in [0.1, 0.15) is 51.5 Å². The lowest BCUT2D eigenvalue weighted by Gasteiger charge is -2.35. The predicted molar refractivity (Wildman–Crippen MR) is 93.3 cm³/mol. The Morgan fingerprint density at radius 2 is 2.00 bits per heavy atom. The Kier molecular flexibility index (Phi) is 6.38. The first-order chi connectivity index (χ1) is 10.2. The number of hydrogen-bond donors (Lipinski definition) is 1. The van der Waals surface area contributed by atoms with Crippen LogP contribution in [0.15, 0.2) is 18.2 Å². The highest BCUT2D eigenvalue weighted by atomic mass is 35.5. The van der Waals surface area contributed by atoms with Crippen LogP contribution in [0.3, 0.4) is 0 Å². The quantitative estimate of drug-likeness (QED) is 0.829. The third-order valence-corrected chi connectivity index (χ3v) is 5.01. The van der Waals surface area contributed by atoms with E-state index in [1.807, 2.05) is 12.1 Å². The minimum atomic E-state index is 0.222. The van der Waals surface area contributed by atoms with Crippen LogP contribution in [0, 0.1) is 5.92 Å². The lowest BCUT2D eigenvalue weighted by Crippen LogP contribution is -2.35. The summed E-state index contributed by atoms with van der Waals surface area (Å²) in [5.74, 6) is 0.898. The van der Waals surface area contributed by atoms with Gasteiger partial charge in [0.2, 0.25) is 0 Å². The topological polar surface area (TPSA) is 29.3 Å². The molecule has 0 bridgehead atoms. The molecule has 1 heterocycles. The molecular formula is C18H29ClN2. The van der Waals surface area contributed by atoms with Gasteiger partial charge < -0.3 is 10.6 Å². The summed E-state index contributed by atoms with van der Waals surface area (Å²) in [6.07, 6.45) is 7.17. The SMILES string of the molecule is CCCC1CCN(c2c(Cl)cccc2CC(N)CC)CC1. The van der Waals surface area contributed by atoms with Gasteiger partial charge in [0, 0.05) is 19.1 Å². The van der Waals surface area contributed by atoms with Gasteiger partial charge in [-0.15, -0.1) is 0 Å². The third kappa shape index (κ3) is 4.37. The fraction of sp³-hybridized carbons (Fsp3) is 0.667. The number of rotatable bonds is 6. The zero-order chi connectivity index (χ0) is 15.2. The van der Waals surface area contributed by atoms with Crippen LogP contribution >= 0.6 is 11.6 Å². The molecule has 0 aliphatic carbocycles. The van der Waals surface area contributed by atoms with E-state index in [0.29, 0.717) is 0 Å². The summed E-state index contributed by atoms with van der Waals surface area (Å²) in [7, 11) is 0. The molecule has 2 nitrogen and oxygen atoms in total. The van der Waals surface area contributed by atoms with Crippen molar-refractivity contribution in [2.24, 2.45) is 11.7 Å². The smallest absolute Gasteiger partial charge is 0.0642 e. The van der Waals surface area contributed by atoms with Gasteiger partial charge in [0.25, 0.3) is 0 Å². The summed E-state index contributed by atoms with van der Waals surface area (Å²) in [5, 5.41) is 0.879. The molecule has 118 valence electrons. The minimum Gasteiger partial charge on any atom is -0.370 e. The van der Waals surface area contributed by atoms with Crippen LogP contribution in [-0.4, -0.2) is 19.1 Å². The molecule has 2 rings (SSSR count). The summed E-state index contributed by atoms with van der Waals surface area (Å²) in [6.45, 7) is 6.68. The molecule has 0 spiro atoms. The number of piperidine rings is 1. The van der Waals surface area contributed by atoms with E-state index < -0.39 is 0 Å². The first-order valence-corrected chi connectivity index (χ1v) is 8.81. The Morgan fingerprint density at radius 3 is 2.62 bits per heavy atom. The van der Waals surface area contributed by atoms with Crippen molar-refractivity contribution >= 4 is 17.3 Å². The van der Waals surface area contributed by atoms with Crippen LogP contribution in [0.5, 0.6) is 0 Å². The monoisotopic (exact) mass is 308 g/mol. The maximum atomic E-state index is 6.50. The first-order valence-electron chi connectivity index (χ1n) is 8.43. The Hall–Kier alpha value is -0.730. The van der Waals surface area contributed by atoms with Gasteiger partial charge in [-0.1, -0.05) is 50.4 Å². The second-order valence-electron chi connectivity index (χ2n) is 6.34. The van der Waals surface area contributed by atoms with Crippen molar-refractivity contribution in [3.63, 3.8) is 0 Å². The van der Waals surface area contributed by atoms with Gasteiger partial charge in [0.05, 0.1) is 10.7 Å². The summed E-state index contributed by atoms with van der Waals surface area (Å²) in [6, 6.07) is 6.47. The lowest BCUT2D eigenvalue weighted by molar-refractivity contribution is 0.378. The van der Waals surface area contributed by atoms with Crippen LogP contribution < -0.4 is 10.6 Å². The second kappa shape index (κ2) is 8.05. The van der Waals surface area contributed by atoms with Crippen molar-refractivity contribution in [1.82, 2.24) is 0 Å². The largest absolute Gasteiger partial charge is 0.370 e. The van der Waals surface area contributed by atoms with E-state index in [-0.39, 0.29) is 6.04 Å². The van der Waals surface area contributed by atoms with E-state index >= 15 is 0 Å². The highest BCUT2D eigenvalue weighted by Crippen LogP contribution is 2.34. The fourth-order valence-corrected chi connectivity index (χ4v) is 3.67. The Bertz CT molecular complexity index is 439. The van der Waals surface area contributed by atoms with Gasteiger partial charge in [0.1, 0.15) is 0 Å². The maximum absolute atomic E-state index is 6.50. The number of anilines is 1. The second-order valence-corrected chi connectivity index (χ2v) is 6.75. The molecule has 1 aromatic carbocycles. The predicted octanol–water partition coefficient (Wildman–Crippen LogP) is 4.64. The Labute approximate surface area is 134 Å². The van der Waals surface area contributed by atoms with Gasteiger partial charge in [-0.3, -0.25) is 0 Å². The molecule has 3 heteroatoms. The van der Waals surface area contributed by atoms with Crippen LogP contribution in [-0.2, 0) is 6.42 Å². The molecule has 0 saturated carbocycles. The number of halogens is 1. The average Bonchev–Trinajstić information content (AvgIpc) is 2.49. The number of para-hydroxylation sites is 1. The molecular weight excluding hydrogens is 280 g/mol. The molecule has 1 atom stereocenters. The first kappa shape index (κ1) is 16.6. The van der Waals surface area contributed by atoms with Gasteiger partial charge in [-0.2, -0.15) is 0 Å². The van der Waals surface area contributed by atoms with Crippen molar-refractivity contribution in [3.8, 4) is 0 Å². The summed E-state index contributed by atoms with van der Waals surface area (Å²) >= 11 is 6.50. The summed E-state index contributed by atoms with van der Waals surface area (Å²) in [4.78, 5) is 2.48. The van der Waals surface area contributed by atoms with Gasteiger partial charge in [0.15, 0.2) is 0 Å². The highest BCUT2D eigenvalue weighted by Gasteiger charge is 2.22. The normalized spacial score (nSPS) is 18.0. The van der Waals surface area contributed by atoms with Gasteiger partial charge >= 0.3 is 0 Å². The number of nitrogens with zero attached hydrogens (tertiary/aromatic N) is 1. The van der Waals surface area contributed by atoms with Crippen LogP contribution in [0.4, 0.5) is 5.69 Å². The Balaban J connectivity index is 2.12. The average molecular weight is 309 g/mol.